The lowest BCUT2D eigenvalue weighted by Crippen LogP contribution is -2.39. The van der Waals surface area contributed by atoms with Crippen molar-refractivity contribution in [3.8, 4) is 11.8 Å². The number of aromatic nitrogens is 4. The van der Waals surface area contributed by atoms with Gasteiger partial charge in [-0.05, 0) is 67.4 Å². The first-order chi connectivity index (χ1) is 19.0. The average molecular weight is 531 g/mol. The van der Waals surface area contributed by atoms with Crippen LogP contribution in [-0.2, 0) is 6.42 Å². The zero-order chi connectivity index (χ0) is 27.2. The summed E-state index contributed by atoms with van der Waals surface area (Å²) in [4.78, 5) is 25.4. The van der Waals surface area contributed by atoms with Crippen LogP contribution in [0.25, 0.3) is 0 Å². The van der Waals surface area contributed by atoms with Crippen LogP contribution in [0.1, 0.15) is 42.0 Å². The second-order valence-corrected chi connectivity index (χ2v) is 9.20. The van der Waals surface area contributed by atoms with E-state index in [0.29, 0.717) is 28.3 Å². The number of halogens is 2. The molecule has 1 aliphatic rings. The van der Waals surface area contributed by atoms with Crippen LogP contribution in [0.15, 0.2) is 72.4 Å². The number of rotatable bonds is 8. The third kappa shape index (κ3) is 6.34. The summed E-state index contributed by atoms with van der Waals surface area (Å²) in [6, 6.07) is 11.6. The molecule has 0 N–H and O–H groups in total. The van der Waals surface area contributed by atoms with Gasteiger partial charge in [-0.1, -0.05) is 12.1 Å². The van der Waals surface area contributed by atoms with Crippen molar-refractivity contribution in [3.05, 3.63) is 101 Å². The third-order valence-corrected chi connectivity index (χ3v) is 6.55. The second kappa shape index (κ2) is 11.9. The monoisotopic (exact) mass is 530 g/mol. The Balaban J connectivity index is 1.29. The van der Waals surface area contributed by atoms with Gasteiger partial charge in [-0.15, -0.1) is 0 Å². The largest absolute Gasteiger partial charge is 0.474 e. The highest BCUT2D eigenvalue weighted by Gasteiger charge is 2.24. The Labute approximate surface area is 225 Å². The first-order valence-electron chi connectivity index (χ1n) is 12.8. The van der Waals surface area contributed by atoms with Gasteiger partial charge in [0.1, 0.15) is 29.8 Å². The molecule has 200 valence electrons. The Morgan fingerprint density at radius 3 is 2.00 bits per heavy atom. The average Bonchev–Trinajstić information content (AvgIpc) is 2.97. The lowest BCUT2D eigenvalue weighted by atomic mass is 10.0. The molecule has 2 aromatic carbocycles. The van der Waals surface area contributed by atoms with Gasteiger partial charge in [-0.3, -0.25) is 0 Å². The summed E-state index contributed by atoms with van der Waals surface area (Å²) in [5, 5.41) is 4.30. The molecule has 3 heterocycles. The summed E-state index contributed by atoms with van der Waals surface area (Å²) in [6.45, 7) is 5.42. The molecule has 0 aliphatic carbocycles. The Hall–Kier alpha value is -4.47. The van der Waals surface area contributed by atoms with Crippen molar-refractivity contribution in [2.45, 2.75) is 39.2 Å². The van der Waals surface area contributed by atoms with Gasteiger partial charge in [-0.2, -0.15) is 4.98 Å². The summed E-state index contributed by atoms with van der Waals surface area (Å²) in [5.74, 6) is 0.625. The quantitative estimate of drug-likeness (QED) is 0.226. The molecule has 0 bridgehead atoms. The van der Waals surface area contributed by atoms with Crippen molar-refractivity contribution in [1.82, 2.24) is 19.9 Å². The minimum Gasteiger partial charge on any atom is -0.474 e. The number of hydrogen-bond donors (Lipinski definition) is 0. The summed E-state index contributed by atoms with van der Waals surface area (Å²) in [6.07, 6.45) is 7.56. The maximum atomic E-state index is 13.5. The summed E-state index contributed by atoms with van der Waals surface area (Å²) >= 11 is 0. The van der Waals surface area contributed by atoms with Gasteiger partial charge >= 0.3 is 0 Å². The molecular weight excluding hydrogens is 502 g/mol. The van der Waals surface area contributed by atoms with Crippen LogP contribution in [0.5, 0.6) is 11.8 Å². The number of benzene rings is 2. The number of ether oxygens (including phenoxy) is 1. The number of nitrogens with zero attached hydrogens (tertiary/aromatic N) is 6. The van der Waals surface area contributed by atoms with Crippen molar-refractivity contribution in [2.75, 3.05) is 18.0 Å². The van der Waals surface area contributed by atoms with E-state index in [2.05, 4.69) is 36.9 Å². The predicted molar refractivity (Wildman–Crippen MR) is 143 cm³/mol. The zero-order valence-corrected chi connectivity index (χ0v) is 21.7. The fourth-order valence-corrected chi connectivity index (χ4v) is 4.23. The normalized spacial score (nSPS) is 13.7. The van der Waals surface area contributed by atoms with Gasteiger partial charge in [0.2, 0.25) is 11.8 Å². The van der Waals surface area contributed by atoms with E-state index < -0.39 is 0 Å². The van der Waals surface area contributed by atoms with Crippen LogP contribution in [0.4, 0.5) is 14.7 Å². The Bertz CT molecular complexity index is 1370. The van der Waals surface area contributed by atoms with E-state index in [4.69, 9.17) is 9.57 Å². The Kier molecular flexibility index (Phi) is 8.00. The highest BCUT2D eigenvalue weighted by Crippen LogP contribution is 2.27. The first kappa shape index (κ1) is 26.1. The Morgan fingerprint density at radius 2 is 1.44 bits per heavy atom. The van der Waals surface area contributed by atoms with E-state index in [1.807, 2.05) is 12.4 Å². The van der Waals surface area contributed by atoms with Crippen molar-refractivity contribution < 1.29 is 18.4 Å². The SMILES string of the molecule is CCc1cnc(N2CCC(Oc3ncnc(ON=C(c4ccc(F)cc4)c4ccc(F)cc4)c3C)CC2)nc1. The molecule has 0 amide bonds. The van der Waals surface area contributed by atoms with Crippen LogP contribution >= 0.6 is 0 Å². The smallest absolute Gasteiger partial charge is 0.258 e. The van der Waals surface area contributed by atoms with E-state index in [1.54, 1.807) is 31.2 Å². The topological polar surface area (TPSA) is 85.6 Å². The van der Waals surface area contributed by atoms with Crippen molar-refractivity contribution >= 4 is 11.7 Å². The van der Waals surface area contributed by atoms with Crippen LogP contribution in [0.2, 0.25) is 0 Å². The molecule has 5 rings (SSSR count). The van der Waals surface area contributed by atoms with Crippen molar-refractivity contribution in [1.29, 1.82) is 0 Å². The number of piperidine rings is 1. The Morgan fingerprint density at radius 1 is 0.872 bits per heavy atom. The second-order valence-electron chi connectivity index (χ2n) is 9.20. The van der Waals surface area contributed by atoms with Gasteiger partial charge in [0.05, 0.1) is 5.56 Å². The maximum Gasteiger partial charge on any atom is 0.258 e. The van der Waals surface area contributed by atoms with Gasteiger partial charge in [0.15, 0.2) is 0 Å². The molecule has 0 saturated carbocycles. The standard InChI is InChI=1S/C29H28F2N6O2/c1-3-20-16-32-29(33-17-20)37-14-12-25(13-15-37)38-27-19(2)28(35-18-34-27)39-36-26(21-4-8-23(30)9-5-21)22-6-10-24(31)11-7-22/h4-11,16-18,25H,3,12-15H2,1-2H3. The summed E-state index contributed by atoms with van der Waals surface area (Å²) in [5.41, 5.74) is 3.32. The summed E-state index contributed by atoms with van der Waals surface area (Å²) in [7, 11) is 0. The minimum atomic E-state index is -0.376. The molecule has 1 aliphatic heterocycles. The number of anilines is 1. The third-order valence-electron chi connectivity index (χ3n) is 6.55. The van der Waals surface area contributed by atoms with E-state index in [-0.39, 0.29) is 23.6 Å². The molecule has 8 nitrogen and oxygen atoms in total. The molecule has 0 radical (unpaired) electrons. The number of hydrogen-bond acceptors (Lipinski definition) is 8. The van der Waals surface area contributed by atoms with E-state index in [1.165, 1.54) is 30.6 Å². The molecule has 39 heavy (non-hydrogen) atoms. The van der Waals surface area contributed by atoms with E-state index in [9.17, 15) is 8.78 Å². The van der Waals surface area contributed by atoms with E-state index in [0.717, 1.165) is 43.9 Å². The lowest BCUT2D eigenvalue weighted by molar-refractivity contribution is 0.160. The van der Waals surface area contributed by atoms with Crippen LogP contribution in [-0.4, -0.2) is 44.8 Å². The highest BCUT2D eigenvalue weighted by atomic mass is 19.1. The molecule has 1 saturated heterocycles. The van der Waals surface area contributed by atoms with Gasteiger partial charge in [0.25, 0.3) is 5.88 Å². The molecular formula is C29H28F2N6O2. The molecule has 10 heteroatoms. The molecule has 0 atom stereocenters. The predicted octanol–water partition coefficient (Wildman–Crippen LogP) is 5.29. The van der Waals surface area contributed by atoms with E-state index >= 15 is 0 Å². The zero-order valence-electron chi connectivity index (χ0n) is 21.7. The van der Waals surface area contributed by atoms with Crippen LogP contribution in [0.3, 0.4) is 0 Å². The summed E-state index contributed by atoms with van der Waals surface area (Å²) < 4.78 is 33.3. The highest BCUT2D eigenvalue weighted by molar-refractivity contribution is 6.12. The van der Waals surface area contributed by atoms with Gasteiger partial charge in [-0.25, -0.2) is 23.7 Å². The minimum absolute atomic E-state index is 0.0323. The maximum absolute atomic E-state index is 13.5. The first-order valence-corrected chi connectivity index (χ1v) is 12.8. The molecule has 0 spiro atoms. The van der Waals surface area contributed by atoms with Crippen molar-refractivity contribution in [3.63, 3.8) is 0 Å². The molecule has 2 aromatic heterocycles. The van der Waals surface area contributed by atoms with Crippen molar-refractivity contribution in [2.24, 2.45) is 5.16 Å². The molecule has 0 unspecified atom stereocenters. The van der Waals surface area contributed by atoms with Gasteiger partial charge in [0, 0.05) is 49.5 Å². The fraction of sp³-hybridized carbons (Fsp3) is 0.276. The fourth-order valence-electron chi connectivity index (χ4n) is 4.23. The lowest BCUT2D eigenvalue weighted by Gasteiger charge is -2.32. The molecule has 4 aromatic rings. The van der Waals surface area contributed by atoms with Gasteiger partial charge < -0.3 is 14.5 Å². The number of oxime groups is 1. The number of aryl methyl sites for hydroxylation is 1. The molecule has 1 fully saturated rings. The van der Waals surface area contributed by atoms with Crippen LogP contribution in [0, 0.1) is 18.6 Å². The van der Waals surface area contributed by atoms with Crippen LogP contribution < -0.4 is 14.5 Å².